The number of hydrogen-bond donors (Lipinski definition) is 2. The Bertz CT molecular complexity index is 430. The summed E-state index contributed by atoms with van der Waals surface area (Å²) in [6.45, 7) is 8.94. The third-order valence-electron chi connectivity index (χ3n) is 5.21. The maximum absolute atomic E-state index is 5.87. The Balaban J connectivity index is 2.11. The molecule has 1 saturated carbocycles. The van der Waals surface area contributed by atoms with E-state index in [1.807, 2.05) is 0 Å². The van der Waals surface area contributed by atoms with Gasteiger partial charge in [0.2, 0.25) is 0 Å². The second-order valence-corrected chi connectivity index (χ2v) is 6.70. The summed E-state index contributed by atoms with van der Waals surface area (Å²) in [5, 5.41) is 0. The van der Waals surface area contributed by atoms with Gasteiger partial charge in [0, 0.05) is 6.04 Å². The van der Waals surface area contributed by atoms with Crippen molar-refractivity contribution >= 4 is 0 Å². The highest BCUT2D eigenvalue weighted by Gasteiger charge is 2.30. The molecule has 1 aromatic rings. The van der Waals surface area contributed by atoms with Crippen molar-refractivity contribution in [3.63, 3.8) is 0 Å². The Kier molecular flexibility index (Phi) is 5.22. The van der Waals surface area contributed by atoms with E-state index in [0.29, 0.717) is 6.04 Å². The summed E-state index contributed by atoms with van der Waals surface area (Å²) in [7, 11) is 0. The molecule has 1 aliphatic carbocycles. The third-order valence-corrected chi connectivity index (χ3v) is 5.21. The normalized spacial score (nSPS) is 24.1. The lowest BCUT2D eigenvalue weighted by atomic mass is 9.87. The van der Waals surface area contributed by atoms with Gasteiger partial charge in [-0.25, -0.2) is 0 Å². The fourth-order valence-electron chi connectivity index (χ4n) is 3.96. The number of benzene rings is 1. The van der Waals surface area contributed by atoms with Gasteiger partial charge < -0.3 is 0 Å². The van der Waals surface area contributed by atoms with E-state index in [1.54, 1.807) is 0 Å². The van der Waals surface area contributed by atoms with Gasteiger partial charge in [-0.05, 0) is 68.6 Å². The van der Waals surface area contributed by atoms with Gasteiger partial charge in [-0.1, -0.05) is 37.5 Å². The molecule has 3 atom stereocenters. The van der Waals surface area contributed by atoms with Crippen LogP contribution in [0, 0.1) is 32.6 Å². The fraction of sp³-hybridized carbons (Fsp3) is 0.667. The molecule has 0 bridgehead atoms. The van der Waals surface area contributed by atoms with Gasteiger partial charge in [-0.2, -0.15) is 0 Å². The van der Waals surface area contributed by atoms with Crippen LogP contribution in [0.4, 0.5) is 0 Å². The Hall–Kier alpha value is -0.860. The molecule has 2 rings (SSSR count). The van der Waals surface area contributed by atoms with Gasteiger partial charge in [0.15, 0.2) is 0 Å². The number of hydrogen-bond acceptors (Lipinski definition) is 2. The zero-order chi connectivity index (χ0) is 14.7. The first kappa shape index (κ1) is 15.5. The molecule has 0 spiro atoms. The van der Waals surface area contributed by atoms with Gasteiger partial charge >= 0.3 is 0 Å². The minimum atomic E-state index is 0.423. The summed E-state index contributed by atoms with van der Waals surface area (Å²) in [5.74, 6) is 7.52. The molecule has 0 radical (unpaired) electrons. The minimum absolute atomic E-state index is 0.423. The van der Waals surface area contributed by atoms with Gasteiger partial charge in [-0.3, -0.25) is 11.3 Å². The molecule has 0 aromatic heterocycles. The molecular weight excluding hydrogens is 244 g/mol. The van der Waals surface area contributed by atoms with Crippen molar-refractivity contribution in [1.29, 1.82) is 0 Å². The largest absolute Gasteiger partial charge is 0.271 e. The van der Waals surface area contributed by atoms with Crippen LogP contribution >= 0.6 is 0 Å². The highest BCUT2D eigenvalue weighted by Crippen LogP contribution is 2.36. The number of hydrazine groups is 1. The summed E-state index contributed by atoms with van der Waals surface area (Å²) < 4.78 is 0. The summed E-state index contributed by atoms with van der Waals surface area (Å²) in [5.41, 5.74) is 8.77. The standard InChI is InChI=1S/C18H30N2/c1-5-15-6-7-16(10-15)18(20-19)11-17-13(3)8-12(2)9-14(17)4/h8-9,15-16,18,20H,5-7,10-11,19H2,1-4H3. The van der Waals surface area contributed by atoms with Crippen LogP contribution in [-0.4, -0.2) is 6.04 Å². The predicted octanol–water partition coefficient (Wildman–Crippen LogP) is 3.81. The maximum atomic E-state index is 5.87. The zero-order valence-electron chi connectivity index (χ0n) is 13.5. The summed E-state index contributed by atoms with van der Waals surface area (Å²) >= 11 is 0. The van der Waals surface area contributed by atoms with Crippen LogP contribution in [0.5, 0.6) is 0 Å². The molecule has 3 unspecified atom stereocenters. The number of rotatable bonds is 5. The second-order valence-electron chi connectivity index (χ2n) is 6.70. The monoisotopic (exact) mass is 274 g/mol. The van der Waals surface area contributed by atoms with Crippen LogP contribution in [0.15, 0.2) is 12.1 Å². The van der Waals surface area contributed by atoms with Crippen molar-refractivity contribution in [1.82, 2.24) is 5.43 Å². The van der Waals surface area contributed by atoms with Gasteiger partial charge in [0.1, 0.15) is 0 Å². The Morgan fingerprint density at radius 3 is 2.35 bits per heavy atom. The lowest BCUT2D eigenvalue weighted by molar-refractivity contribution is 0.347. The van der Waals surface area contributed by atoms with Gasteiger partial charge in [-0.15, -0.1) is 0 Å². The molecule has 20 heavy (non-hydrogen) atoms. The molecule has 0 saturated heterocycles. The van der Waals surface area contributed by atoms with E-state index >= 15 is 0 Å². The second kappa shape index (κ2) is 6.73. The van der Waals surface area contributed by atoms with Crippen molar-refractivity contribution in [2.24, 2.45) is 17.7 Å². The van der Waals surface area contributed by atoms with Gasteiger partial charge in [0.05, 0.1) is 0 Å². The fourth-order valence-corrected chi connectivity index (χ4v) is 3.96. The zero-order valence-corrected chi connectivity index (χ0v) is 13.5. The summed E-state index contributed by atoms with van der Waals surface area (Å²) in [6, 6.07) is 5.00. The van der Waals surface area contributed by atoms with Crippen LogP contribution in [0.2, 0.25) is 0 Å². The van der Waals surface area contributed by atoms with E-state index in [4.69, 9.17) is 5.84 Å². The van der Waals surface area contributed by atoms with E-state index in [1.165, 1.54) is 47.9 Å². The molecule has 3 N–H and O–H groups in total. The molecule has 0 aliphatic heterocycles. The van der Waals surface area contributed by atoms with Crippen LogP contribution in [0.1, 0.15) is 54.9 Å². The number of nitrogens with one attached hydrogen (secondary N) is 1. The van der Waals surface area contributed by atoms with Crippen LogP contribution in [-0.2, 0) is 6.42 Å². The van der Waals surface area contributed by atoms with Crippen molar-refractivity contribution in [3.8, 4) is 0 Å². The Morgan fingerprint density at radius 2 is 1.85 bits per heavy atom. The molecule has 0 amide bonds. The van der Waals surface area contributed by atoms with Crippen molar-refractivity contribution < 1.29 is 0 Å². The predicted molar refractivity (Wildman–Crippen MR) is 86.6 cm³/mol. The van der Waals surface area contributed by atoms with E-state index in [-0.39, 0.29) is 0 Å². The van der Waals surface area contributed by atoms with Crippen molar-refractivity contribution in [2.75, 3.05) is 0 Å². The molecule has 0 heterocycles. The molecule has 2 heteroatoms. The van der Waals surface area contributed by atoms with Crippen molar-refractivity contribution in [2.45, 2.75) is 65.8 Å². The van der Waals surface area contributed by atoms with Crippen LogP contribution in [0.3, 0.4) is 0 Å². The molecule has 1 aliphatic rings. The van der Waals surface area contributed by atoms with E-state index in [9.17, 15) is 0 Å². The SMILES string of the molecule is CCC1CCC(C(Cc2c(C)cc(C)cc2C)NN)C1. The lowest BCUT2D eigenvalue weighted by Gasteiger charge is -2.25. The van der Waals surface area contributed by atoms with E-state index in [0.717, 1.165) is 18.3 Å². The molecule has 112 valence electrons. The number of nitrogens with two attached hydrogens (primary N) is 1. The van der Waals surface area contributed by atoms with Crippen molar-refractivity contribution in [3.05, 3.63) is 34.4 Å². The van der Waals surface area contributed by atoms with E-state index < -0.39 is 0 Å². The smallest absolute Gasteiger partial charge is 0.0279 e. The number of aryl methyl sites for hydroxylation is 3. The quantitative estimate of drug-likeness (QED) is 0.633. The van der Waals surface area contributed by atoms with E-state index in [2.05, 4.69) is 45.3 Å². The Labute approximate surface area is 124 Å². The minimum Gasteiger partial charge on any atom is -0.271 e. The maximum Gasteiger partial charge on any atom is 0.0279 e. The summed E-state index contributed by atoms with van der Waals surface area (Å²) in [4.78, 5) is 0. The average Bonchev–Trinajstić information content (AvgIpc) is 2.86. The molecule has 1 fully saturated rings. The first-order valence-corrected chi connectivity index (χ1v) is 8.08. The highest BCUT2D eigenvalue weighted by molar-refractivity contribution is 5.38. The first-order valence-electron chi connectivity index (χ1n) is 8.08. The topological polar surface area (TPSA) is 38.0 Å². The molecule has 2 nitrogen and oxygen atoms in total. The van der Waals surface area contributed by atoms with Gasteiger partial charge in [0.25, 0.3) is 0 Å². The summed E-state index contributed by atoms with van der Waals surface area (Å²) in [6.07, 6.45) is 6.43. The molecule has 1 aromatic carbocycles. The highest BCUT2D eigenvalue weighted by atomic mass is 15.2. The lowest BCUT2D eigenvalue weighted by Crippen LogP contribution is -2.42. The molecular formula is C18H30N2. The van der Waals surface area contributed by atoms with Crippen LogP contribution in [0.25, 0.3) is 0 Å². The third kappa shape index (κ3) is 3.42. The first-order chi connectivity index (χ1) is 9.55. The van der Waals surface area contributed by atoms with Crippen LogP contribution < -0.4 is 11.3 Å². The average molecular weight is 274 g/mol. The Morgan fingerprint density at radius 1 is 1.20 bits per heavy atom.